The Morgan fingerprint density at radius 3 is 2.06 bits per heavy atom. The maximum Gasteiger partial charge on any atom is 0.329 e. The van der Waals surface area contributed by atoms with Gasteiger partial charge in [-0.2, -0.15) is 17.6 Å². The van der Waals surface area contributed by atoms with Gasteiger partial charge in [-0.3, -0.25) is 0 Å². The smallest absolute Gasteiger partial charge is 0.329 e. The molecule has 7 heteroatoms. The Bertz CT molecular complexity index is 365. The Morgan fingerprint density at radius 1 is 1.12 bits per heavy atom. The summed E-state index contributed by atoms with van der Waals surface area (Å²) in [5.74, 6) is -8.24. The molecule has 0 aromatic carbocycles. The average molecular weight is 252 g/mol. The number of carbonyl (C=O) groups is 1. The summed E-state index contributed by atoms with van der Waals surface area (Å²) in [6, 6.07) is -0.798. The van der Waals surface area contributed by atoms with Gasteiger partial charge in [0.25, 0.3) is 0 Å². The maximum atomic E-state index is 12.9. The topological polar surface area (TPSA) is 32.3 Å². The fourth-order valence-electron chi connectivity index (χ4n) is 2.42. The summed E-state index contributed by atoms with van der Waals surface area (Å²) in [5.41, 5.74) is 0.181. The quantitative estimate of drug-likeness (QED) is 0.709. The summed E-state index contributed by atoms with van der Waals surface area (Å²) >= 11 is 0. The Balaban J connectivity index is 1.60. The van der Waals surface area contributed by atoms with Crippen molar-refractivity contribution in [1.29, 1.82) is 0 Å². The number of urea groups is 1. The molecule has 0 aromatic heterocycles. The molecule has 1 unspecified atom stereocenters. The van der Waals surface area contributed by atoms with Crippen molar-refractivity contribution in [2.45, 2.75) is 37.1 Å². The van der Waals surface area contributed by atoms with Crippen molar-refractivity contribution in [3.63, 3.8) is 0 Å². The third kappa shape index (κ3) is 1.58. The minimum absolute atomic E-state index is 0.00200. The van der Waals surface area contributed by atoms with Crippen LogP contribution >= 0.6 is 0 Å². The molecule has 2 amide bonds. The fourth-order valence-corrected chi connectivity index (χ4v) is 2.42. The van der Waals surface area contributed by atoms with Crippen molar-refractivity contribution in [3.8, 4) is 0 Å². The van der Waals surface area contributed by atoms with E-state index < -0.39 is 31.0 Å². The molecular weight excluding hydrogens is 240 g/mol. The number of nitrogens with one attached hydrogen (secondary N) is 1. The third-order valence-electron chi connectivity index (χ3n) is 3.98. The van der Waals surface area contributed by atoms with Crippen molar-refractivity contribution in [3.05, 3.63) is 0 Å². The third-order valence-corrected chi connectivity index (χ3v) is 3.98. The molecule has 3 nitrogen and oxygen atoms in total. The Labute approximate surface area is 95.1 Å². The van der Waals surface area contributed by atoms with Gasteiger partial charge < -0.3 is 10.2 Å². The van der Waals surface area contributed by atoms with Crippen LogP contribution in [0.3, 0.4) is 0 Å². The number of nitrogens with zero attached hydrogens (tertiary/aromatic N) is 1. The second-order valence-corrected chi connectivity index (χ2v) is 5.33. The average Bonchev–Trinajstić information content (AvgIpc) is 3.05. The van der Waals surface area contributed by atoms with Gasteiger partial charge >= 0.3 is 17.9 Å². The van der Waals surface area contributed by atoms with Crippen LogP contribution in [0.25, 0.3) is 0 Å². The van der Waals surface area contributed by atoms with Gasteiger partial charge in [-0.25, -0.2) is 4.79 Å². The standard InChI is InChI=1S/C10H12F4N2O/c11-9(12)4-16(5-10(9,13)14)7(17)15-6-3-8(6)1-2-8/h6H,1-5H2,(H,15,17). The van der Waals surface area contributed by atoms with Crippen LogP contribution in [0.2, 0.25) is 0 Å². The largest absolute Gasteiger partial charge is 0.335 e. The predicted molar refractivity (Wildman–Crippen MR) is 50.1 cm³/mol. The summed E-state index contributed by atoms with van der Waals surface area (Å²) in [5, 5.41) is 2.54. The number of carbonyl (C=O) groups excluding carboxylic acids is 1. The Morgan fingerprint density at radius 2 is 1.65 bits per heavy atom. The number of halogens is 4. The van der Waals surface area contributed by atoms with E-state index in [-0.39, 0.29) is 11.5 Å². The molecule has 3 aliphatic rings. The molecule has 3 fully saturated rings. The van der Waals surface area contributed by atoms with E-state index in [0.717, 1.165) is 19.3 Å². The first-order valence-electron chi connectivity index (χ1n) is 5.57. The highest BCUT2D eigenvalue weighted by molar-refractivity contribution is 5.76. The van der Waals surface area contributed by atoms with Gasteiger partial charge in [0.15, 0.2) is 0 Å². The molecule has 1 aliphatic heterocycles. The summed E-state index contributed by atoms with van der Waals surface area (Å²) < 4.78 is 51.5. The predicted octanol–water partition coefficient (Wildman–Crippen LogP) is 1.83. The van der Waals surface area contributed by atoms with Crippen LogP contribution in [0.4, 0.5) is 22.4 Å². The molecule has 1 N–H and O–H groups in total. The van der Waals surface area contributed by atoms with Crippen LogP contribution in [0.1, 0.15) is 19.3 Å². The lowest BCUT2D eigenvalue weighted by Gasteiger charge is -2.15. The maximum absolute atomic E-state index is 12.9. The number of alkyl halides is 4. The van der Waals surface area contributed by atoms with E-state index in [9.17, 15) is 22.4 Å². The molecule has 1 atom stereocenters. The zero-order valence-corrected chi connectivity index (χ0v) is 8.98. The molecular formula is C10H12F4N2O. The van der Waals surface area contributed by atoms with Gasteiger partial charge in [0.1, 0.15) is 0 Å². The van der Waals surface area contributed by atoms with Crippen LogP contribution in [0.15, 0.2) is 0 Å². The van der Waals surface area contributed by atoms with Crippen molar-refractivity contribution < 1.29 is 22.4 Å². The van der Waals surface area contributed by atoms with E-state index in [1.807, 2.05) is 0 Å². The monoisotopic (exact) mass is 252 g/mol. The first-order valence-corrected chi connectivity index (χ1v) is 5.57. The highest BCUT2D eigenvalue weighted by Gasteiger charge is 2.66. The van der Waals surface area contributed by atoms with Gasteiger partial charge in [-0.05, 0) is 24.7 Å². The molecule has 1 saturated heterocycles. The van der Waals surface area contributed by atoms with E-state index in [4.69, 9.17) is 0 Å². The minimum atomic E-state index is -4.12. The van der Waals surface area contributed by atoms with Gasteiger partial charge in [0.2, 0.25) is 0 Å². The lowest BCUT2D eigenvalue weighted by atomic mass is 10.2. The second kappa shape index (κ2) is 2.87. The molecule has 1 spiro atoms. The van der Waals surface area contributed by atoms with Crippen LogP contribution in [-0.4, -0.2) is 41.9 Å². The molecule has 0 aromatic rings. The van der Waals surface area contributed by atoms with Crippen molar-refractivity contribution in [2.75, 3.05) is 13.1 Å². The van der Waals surface area contributed by atoms with Crippen molar-refractivity contribution >= 4 is 6.03 Å². The highest BCUT2D eigenvalue weighted by Crippen LogP contribution is 2.65. The van der Waals surface area contributed by atoms with Crippen LogP contribution < -0.4 is 5.32 Å². The van der Waals surface area contributed by atoms with E-state index in [1.165, 1.54) is 0 Å². The molecule has 0 bridgehead atoms. The molecule has 96 valence electrons. The van der Waals surface area contributed by atoms with Gasteiger partial charge in [-0.15, -0.1) is 0 Å². The molecule has 1 heterocycles. The molecule has 2 saturated carbocycles. The van der Waals surface area contributed by atoms with Gasteiger partial charge in [0.05, 0.1) is 13.1 Å². The number of hydrogen-bond donors (Lipinski definition) is 1. The molecule has 17 heavy (non-hydrogen) atoms. The first kappa shape index (κ1) is 11.1. The minimum Gasteiger partial charge on any atom is -0.335 e. The number of likely N-dealkylation sites (tertiary alicyclic amines) is 1. The van der Waals surface area contributed by atoms with Gasteiger partial charge in [-0.1, -0.05) is 0 Å². The summed E-state index contributed by atoms with van der Waals surface area (Å²) in [4.78, 5) is 12.0. The van der Waals surface area contributed by atoms with Gasteiger partial charge in [0, 0.05) is 6.04 Å². The van der Waals surface area contributed by atoms with Crippen molar-refractivity contribution in [1.82, 2.24) is 10.2 Å². The van der Waals surface area contributed by atoms with Crippen LogP contribution in [0, 0.1) is 5.41 Å². The zero-order chi connectivity index (χ0) is 12.5. The number of amides is 2. The van der Waals surface area contributed by atoms with Crippen molar-refractivity contribution in [2.24, 2.45) is 5.41 Å². The second-order valence-electron chi connectivity index (χ2n) is 5.33. The Hall–Kier alpha value is -1.01. The van der Waals surface area contributed by atoms with E-state index in [1.54, 1.807) is 0 Å². The number of hydrogen-bond acceptors (Lipinski definition) is 1. The number of rotatable bonds is 1. The first-order chi connectivity index (χ1) is 7.76. The van der Waals surface area contributed by atoms with Crippen LogP contribution in [-0.2, 0) is 0 Å². The normalized spacial score (nSPS) is 34.8. The SMILES string of the molecule is O=C(NC1CC12CC2)N1CC(F)(F)C(F)(F)C1. The lowest BCUT2D eigenvalue weighted by molar-refractivity contribution is -0.172. The Kier molecular flexibility index (Phi) is 1.87. The summed E-state index contributed by atoms with van der Waals surface area (Å²) in [6.07, 6.45) is 2.91. The van der Waals surface area contributed by atoms with E-state index in [0.29, 0.717) is 4.90 Å². The molecule has 2 aliphatic carbocycles. The fraction of sp³-hybridized carbons (Fsp3) is 0.900. The lowest BCUT2D eigenvalue weighted by Crippen LogP contribution is -2.41. The highest BCUT2D eigenvalue weighted by atomic mass is 19.3. The van der Waals surface area contributed by atoms with Crippen LogP contribution in [0.5, 0.6) is 0 Å². The van der Waals surface area contributed by atoms with E-state index in [2.05, 4.69) is 5.32 Å². The summed E-state index contributed by atoms with van der Waals surface area (Å²) in [7, 11) is 0. The summed E-state index contributed by atoms with van der Waals surface area (Å²) in [6.45, 7) is -2.41. The molecule has 3 rings (SSSR count). The molecule has 0 radical (unpaired) electrons. The zero-order valence-electron chi connectivity index (χ0n) is 8.98. The van der Waals surface area contributed by atoms with E-state index >= 15 is 0 Å².